The highest BCUT2D eigenvalue weighted by Crippen LogP contribution is 2.41. The smallest absolute Gasteiger partial charge is 0.328 e. The second-order valence-corrected chi connectivity index (χ2v) is 6.87. The molecule has 0 aromatic carbocycles. The van der Waals surface area contributed by atoms with Crippen molar-refractivity contribution in [1.29, 1.82) is 0 Å². The lowest BCUT2D eigenvalue weighted by Crippen LogP contribution is -2.29. The predicted molar refractivity (Wildman–Crippen MR) is 96.6 cm³/mol. The van der Waals surface area contributed by atoms with Gasteiger partial charge >= 0.3 is 5.97 Å². The van der Waals surface area contributed by atoms with Crippen LogP contribution in [-0.2, 0) is 4.79 Å². The number of aliphatic hydroxyl groups excluding tert-OH is 2. The molecule has 0 aromatic heterocycles. The van der Waals surface area contributed by atoms with Gasteiger partial charge in [-0.05, 0) is 48.8 Å². The number of carbonyl (C=O) groups is 1. The number of allylic oxidation sites excluding steroid dienone is 8. The van der Waals surface area contributed by atoms with Gasteiger partial charge < -0.3 is 15.3 Å². The molecule has 0 bridgehead atoms. The van der Waals surface area contributed by atoms with E-state index in [2.05, 4.69) is 13.8 Å². The number of carboxylic acids is 1. The molecule has 1 atom stereocenters. The van der Waals surface area contributed by atoms with Gasteiger partial charge in [0.15, 0.2) is 0 Å². The number of hydrogen-bond acceptors (Lipinski definition) is 3. The van der Waals surface area contributed by atoms with Crippen molar-refractivity contribution in [3.05, 3.63) is 58.7 Å². The Bertz CT molecular complexity index is 616. The minimum absolute atomic E-state index is 0.0786. The lowest BCUT2D eigenvalue weighted by atomic mass is 9.71. The fraction of sp³-hybridized carbons (Fsp3) is 0.450. The number of carboxylic acid groups (broad SMARTS) is 1. The Hall–Kier alpha value is -1.91. The molecular weight excluding hydrogens is 304 g/mol. The van der Waals surface area contributed by atoms with Gasteiger partial charge in [-0.15, -0.1) is 0 Å². The van der Waals surface area contributed by atoms with Crippen molar-refractivity contribution >= 4 is 5.97 Å². The van der Waals surface area contributed by atoms with Crippen LogP contribution in [0.15, 0.2) is 58.7 Å². The van der Waals surface area contributed by atoms with Crippen molar-refractivity contribution in [2.24, 2.45) is 5.41 Å². The summed E-state index contributed by atoms with van der Waals surface area (Å²) in [7, 11) is 0. The summed E-state index contributed by atoms with van der Waals surface area (Å²) in [6.45, 7) is 7.78. The topological polar surface area (TPSA) is 77.8 Å². The summed E-state index contributed by atoms with van der Waals surface area (Å²) in [6.07, 6.45) is 11.5. The van der Waals surface area contributed by atoms with E-state index < -0.39 is 12.1 Å². The first-order valence-corrected chi connectivity index (χ1v) is 8.14. The van der Waals surface area contributed by atoms with Gasteiger partial charge in [0.2, 0.25) is 0 Å². The molecule has 0 amide bonds. The first-order valence-electron chi connectivity index (χ1n) is 8.14. The normalized spacial score (nSPS) is 22.7. The monoisotopic (exact) mass is 332 g/mol. The Balaban J connectivity index is 2.95. The Morgan fingerprint density at radius 1 is 1.25 bits per heavy atom. The van der Waals surface area contributed by atoms with Crippen molar-refractivity contribution in [1.82, 2.24) is 0 Å². The number of rotatable bonds is 6. The maximum atomic E-state index is 10.5. The van der Waals surface area contributed by atoms with Crippen molar-refractivity contribution in [2.45, 2.75) is 46.6 Å². The summed E-state index contributed by atoms with van der Waals surface area (Å²) in [4.78, 5) is 10.5. The van der Waals surface area contributed by atoms with Gasteiger partial charge in [-0.25, -0.2) is 4.79 Å². The second kappa shape index (κ2) is 8.81. The van der Waals surface area contributed by atoms with Gasteiger partial charge in [0.05, 0.1) is 12.7 Å². The molecule has 1 aliphatic rings. The van der Waals surface area contributed by atoms with E-state index in [-0.39, 0.29) is 12.0 Å². The second-order valence-electron chi connectivity index (χ2n) is 6.87. The molecule has 1 aliphatic carbocycles. The zero-order chi connectivity index (χ0) is 18.3. The van der Waals surface area contributed by atoms with E-state index in [1.807, 2.05) is 25.2 Å². The molecule has 4 heteroatoms. The lowest BCUT2D eigenvalue weighted by molar-refractivity contribution is -0.131. The molecule has 0 aromatic rings. The van der Waals surface area contributed by atoms with E-state index in [1.54, 1.807) is 19.1 Å². The van der Waals surface area contributed by atoms with Gasteiger partial charge in [0.1, 0.15) is 0 Å². The third-order valence-electron chi connectivity index (χ3n) is 4.27. The minimum atomic E-state index is -0.959. The molecule has 0 aliphatic heterocycles. The summed E-state index contributed by atoms with van der Waals surface area (Å²) < 4.78 is 0. The molecule has 4 nitrogen and oxygen atoms in total. The van der Waals surface area contributed by atoms with Crippen molar-refractivity contribution in [3.63, 3.8) is 0 Å². The number of aliphatic carboxylic acids is 1. The average molecular weight is 332 g/mol. The molecule has 0 saturated heterocycles. The summed E-state index contributed by atoms with van der Waals surface area (Å²) in [5.41, 5.74) is 3.27. The van der Waals surface area contributed by atoms with Gasteiger partial charge in [0.25, 0.3) is 0 Å². The summed E-state index contributed by atoms with van der Waals surface area (Å²) in [5, 5.41) is 28.3. The van der Waals surface area contributed by atoms with E-state index in [9.17, 15) is 15.0 Å². The van der Waals surface area contributed by atoms with E-state index in [0.717, 1.165) is 23.6 Å². The van der Waals surface area contributed by atoms with Crippen LogP contribution in [-0.4, -0.2) is 34.0 Å². The van der Waals surface area contributed by atoms with E-state index in [4.69, 9.17) is 5.11 Å². The molecule has 24 heavy (non-hydrogen) atoms. The summed E-state index contributed by atoms with van der Waals surface area (Å²) >= 11 is 0. The van der Waals surface area contributed by atoms with Gasteiger partial charge in [-0.2, -0.15) is 0 Å². The predicted octanol–water partition coefficient (Wildman–Crippen LogP) is 3.55. The maximum Gasteiger partial charge on any atom is 0.328 e. The third kappa shape index (κ3) is 5.95. The standard InChI is InChI=1S/C20H28O4/c1-14(6-5-7-15(2)12-19(23)24)8-9-17-16(13-21)18(22)10-11-20(17,3)4/h5-9,12,18,21-22H,10-11,13H2,1-4H3,(H,23,24)/b7-5+,9-8+,14-6+,15-12+. The molecule has 0 saturated carbocycles. The zero-order valence-corrected chi connectivity index (χ0v) is 14.9. The molecule has 0 spiro atoms. The van der Waals surface area contributed by atoms with Crippen LogP contribution in [0.4, 0.5) is 0 Å². The highest BCUT2D eigenvalue weighted by molar-refractivity contribution is 5.81. The molecular formula is C20H28O4. The molecule has 1 unspecified atom stereocenters. The van der Waals surface area contributed by atoms with Crippen LogP contribution in [0.2, 0.25) is 0 Å². The fourth-order valence-electron chi connectivity index (χ4n) is 2.81. The lowest BCUT2D eigenvalue weighted by Gasteiger charge is -2.36. The fourth-order valence-corrected chi connectivity index (χ4v) is 2.81. The highest BCUT2D eigenvalue weighted by atomic mass is 16.4. The molecule has 1 rings (SSSR count). The summed E-state index contributed by atoms with van der Waals surface area (Å²) in [5.74, 6) is -0.959. The molecule has 132 valence electrons. The minimum Gasteiger partial charge on any atom is -0.478 e. The van der Waals surface area contributed by atoms with Gasteiger partial charge in [-0.3, -0.25) is 0 Å². The Kier molecular flexibility index (Phi) is 7.39. The first-order chi connectivity index (χ1) is 11.2. The van der Waals surface area contributed by atoms with Crippen LogP contribution in [0.3, 0.4) is 0 Å². The zero-order valence-electron chi connectivity index (χ0n) is 14.9. The number of aliphatic hydroxyl groups is 2. The van der Waals surface area contributed by atoms with E-state index >= 15 is 0 Å². The van der Waals surface area contributed by atoms with Crippen molar-refractivity contribution in [2.75, 3.05) is 6.61 Å². The molecule has 0 fully saturated rings. The summed E-state index contributed by atoms with van der Waals surface area (Å²) in [6, 6.07) is 0. The molecule has 0 heterocycles. The van der Waals surface area contributed by atoms with Crippen LogP contribution in [0, 0.1) is 5.41 Å². The van der Waals surface area contributed by atoms with Crippen LogP contribution in [0.25, 0.3) is 0 Å². The van der Waals surface area contributed by atoms with Gasteiger partial charge in [0, 0.05) is 6.08 Å². The first kappa shape index (κ1) is 20.1. The van der Waals surface area contributed by atoms with Gasteiger partial charge in [-0.1, -0.05) is 49.8 Å². The van der Waals surface area contributed by atoms with Crippen molar-refractivity contribution in [3.8, 4) is 0 Å². The van der Waals surface area contributed by atoms with Crippen LogP contribution >= 0.6 is 0 Å². The van der Waals surface area contributed by atoms with Crippen LogP contribution in [0.1, 0.15) is 40.5 Å². The largest absolute Gasteiger partial charge is 0.478 e. The Morgan fingerprint density at radius 2 is 1.92 bits per heavy atom. The van der Waals surface area contributed by atoms with Crippen LogP contribution < -0.4 is 0 Å². The highest BCUT2D eigenvalue weighted by Gasteiger charge is 2.32. The van der Waals surface area contributed by atoms with E-state index in [0.29, 0.717) is 17.6 Å². The van der Waals surface area contributed by atoms with Crippen molar-refractivity contribution < 1.29 is 20.1 Å². The quantitative estimate of drug-likeness (QED) is 0.513. The SMILES string of the molecule is CC(/C=C/C1=C(CO)C(O)CCC1(C)C)=C\C=C\C(C)=C\C(=O)O. The van der Waals surface area contributed by atoms with E-state index in [1.165, 1.54) is 0 Å². The average Bonchev–Trinajstić information content (AvgIpc) is 2.47. The number of hydrogen-bond donors (Lipinski definition) is 3. The maximum absolute atomic E-state index is 10.5. The molecule has 0 radical (unpaired) electrons. The third-order valence-corrected chi connectivity index (χ3v) is 4.27. The Morgan fingerprint density at radius 3 is 2.50 bits per heavy atom. The molecule has 3 N–H and O–H groups in total. The Labute approximate surface area is 144 Å². The van der Waals surface area contributed by atoms with Crippen LogP contribution in [0.5, 0.6) is 0 Å².